The van der Waals surface area contributed by atoms with Gasteiger partial charge < -0.3 is 10.5 Å². The van der Waals surface area contributed by atoms with Crippen LogP contribution in [0, 0.1) is 5.82 Å². The molecule has 0 spiro atoms. The molecule has 2 aromatic rings. The lowest BCUT2D eigenvalue weighted by molar-refractivity contribution is 0.415. The van der Waals surface area contributed by atoms with E-state index < -0.39 is 21.5 Å². The van der Waals surface area contributed by atoms with Crippen LogP contribution >= 0.6 is 15.9 Å². The number of nitrogen functional groups attached to an aromatic ring is 1. The van der Waals surface area contributed by atoms with Gasteiger partial charge in [-0.15, -0.1) is 0 Å². The van der Waals surface area contributed by atoms with Gasteiger partial charge in [0.25, 0.3) is 10.0 Å². The molecule has 0 amide bonds. The van der Waals surface area contributed by atoms with Gasteiger partial charge in [-0.1, -0.05) is 22.0 Å². The van der Waals surface area contributed by atoms with Crippen LogP contribution in [0.3, 0.4) is 0 Å². The monoisotopic (exact) mass is 374 g/mol. The molecule has 0 saturated heterocycles. The quantitative estimate of drug-likeness (QED) is 0.806. The molecule has 0 aliphatic carbocycles. The smallest absolute Gasteiger partial charge is 0.264 e. The van der Waals surface area contributed by atoms with Gasteiger partial charge >= 0.3 is 0 Å². The van der Waals surface area contributed by atoms with Crippen molar-refractivity contribution in [3.05, 3.63) is 46.7 Å². The summed E-state index contributed by atoms with van der Waals surface area (Å²) in [6.07, 6.45) is 0. The van der Waals surface area contributed by atoms with Crippen LogP contribution in [0.1, 0.15) is 0 Å². The minimum atomic E-state index is -4.00. The molecule has 0 aliphatic heterocycles. The summed E-state index contributed by atoms with van der Waals surface area (Å²) in [5.41, 5.74) is 5.32. The summed E-state index contributed by atoms with van der Waals surface area (Å²) in [6, 6.07) is 8.33. The van der Waals surface area contributed by atoms with E-state index in [-0.39, 0.29) is 10.6 Å². The van der Waals surface area contributed by atoms with E-state index in [2.05, 4.69) is 20.7 Å². The van der Waals surface area contributed by atoms with Gasteiger partial charge in [0.1, 0.15) is 16.5 Å². The number of hydrogen-bond acceptors (Lipinski definition) is 4. The fraction of sp³-hybridized carbons (Fsp3) is 0.0769. The highest BCUT2D eigenvalue weighted by molar-refractivity contribution is 9.10. The van der Waals surface area contributed by atoms with Crippen molar-refractivity contribution < 1.29 is 17.5 Å². The van der Waals surface area contributed by atoms with Gasteiger partial charge in [-0.3, -0.25) is 4.72 Å². The van der Waals surface area contributed by atoms with E-state index in [1.807, 2.05) is 0 Å². The average molecular weight is 375 g/mol. The van der Waals surface area contributed by atoms with E-state index in [0.29, 0.717) is 10.2 Å². The number of methoxy groups -OCH3 is 1. The van der Waals surface area contributed by atoms with Gasteiger partial charge in [-0.05, 0) is 24.3 Å². The maximum absolute atomic E-state index is 13.4. The van der Waals surface area contributed by atoms with E-state index in [9.17, 15) is 12.8 Å². The Bertz CT molecular complexity index is 781. The Morgan fingerprint density at radius 3 is 2.67 bits per heavy atom. The largest absolute Gasteiger partial charge is 0.497 e. The average Bonchev–Trinajstić information content (AvgIpc) is 2.40. The highest BCUT2D eigenvalue weighted by Crippen LogP contribution is 2.28. The first-order valence-corrected chi connectivity index (χ1v) is 8.02. The number of anilines is 2. The Morgan fingerprint density at radius 1 is 1.29 bits per heavy atom. The minimum Gasteiger partial charge on any atom is -0.497 e. The first kappa shape index (κ1) is 15.6. The molecule has 21 heavy (non-hydrogen) atoms. The Labute approximate surface area is 130 Å². The number of benzene rings is 2. The Balaban J connectivity index is 2.42. The van der Waals surface area contributed by atoms with Crippen LogP contribution in [0.2, 0.25) is 0 Å². The maximum atomic E-state index is 13.4. The van der Waals surface area contributed by atoms with Crippen molar-refractivity contribution in [2.75, 3.05) is 17.6 Å². The van der Waals surface area contributed by atoms with Crippen molar-refractivity contribution in [3.63, 3.8) is 0 Å². The fourth-order valence-corrected chi connectivity index (χ4v) is 3.36. The third-order valence-electron chi connectivity index (χ3n) is 2.66. The molecule has 0 atom stereocenters. The lowest BCUT2D eigenvalue weighted by atomic mass is 10.3. The summed E-state index contributed by atoms with van der Waals surface area (Å²) in [7, 11) is -2.54. The van der Waals surface area contributed by atoms with Crippen LogP contribution in [0.5, 0.6) is 5.75 Å². The standard InChI is InChI=1S/C13H12BrFN2O3S/c1-20-10-6-8(14)5-9(7-10)17-21(18,19)12-4-2-3-11(15)13(12)16/h2-7,17H,16H2,1H3. The van der Waals surface area contributed by atoms with Crippen molar-refractivity contribution in [3.8, 4) is 5.75 Å². The predicted molar refractivity (Wildman–Crippen MR) is 82.3 cm³/mol. The van der Waals surface area contributed by atoms with Crippen molar-refractivity contribution in [2.24, 2.45) is 0 Å². The summed E-state index contributed by atoms with van der Waals surface area (Å²) in [4.78, 5) is -0.318. The third-order valence-corrected chi connectivity index (χ3v) is 4.56. The highest BCUT2D eigenvalue weighted by atomic mass is 79.9. The third kappa shape index (κ3) is 3.45. The van der Waals surface area contributed by atoms with Crippen LogP contribution in [0.25, 0.3) is 0 Å². The lowest BCUT2D eigenvalue weighted by Crippen LogP contribution is -2.15. The van der Waals surface area contributed by atoms with Gasteiger partial charge in [-0.2, -0.15) is 0 Å². The van der Waals surface area contributed by atoms with E-state index in [4.69, 9.17) is 10.5 Å². The van der Waals surface area contributed by atoms with Crippen molar-refractivity contribution in [2.45, 2.75) is 4.90 Å². The van der Waals surface area contributed by atoms with Crippen LogP contribution in [0.4, 0.5) is 15.8 Å². The molecular formula is C13H12BrFN2O3S. The summed E-state index contributed by atoms with van der Waals surface area (Å²) in [5.74, 6) is -0.320. The summed E-state index contributed by atoms with van der Waals surface area (Å²) in [5, 5.41) is 0. The molecule has 0 aromatic heterocycles. The van der Waals surface area contributed by atoms with Gasteiger partial charge in [0, 0.05) is 10.5 Å². The van der Waals surface area contributed by atoms with Crippen LogP contribution < -0.4 is 15.2 Å². The van der Waals surface area contributed by atoms with E-state index in [1.54, 1.807) is 12.1 Å². The molecule has 0 saturated carbocycles. The molecule has 0 bridgehead atoms. The first-order valence-electron chi connectivity index (χ1n) is 5.75. The number of para-hydroxylation sites is 1. The zero-order valence-electron chi connectivity index (χ0n) is 10.9. The van der Waals surface area contributed by atoms with Gasteiger partial charge in [0.2, 0.25) is 0 Å². The Kier molecular flexibility index (Phi) is 4.38. The molecule has 8 heteroatoms. The Morgan fingerprint density at radius 2 is 2.00 bits per heavy atom. The normalized spacial score (nSPS) is 11.2. The predicted octanol–water partition coefficient (Wildman–Crippen LogP) is 2.98. The summed E-state index contributed by atoms with van der Waals surface area (Å²) in [6.45, 7) is 0. The summed E-state index contributed by atoms with van der Waals surface area (Å²) < 4.78 is 45.9. The number of nitrogens with one attached hydrogen (secondary N) is 1. The minimum absolute atomic E-state index is 0.268. The SMILES string of the molecule is COc1cc(Br)cc(NS(=O)(=O)c2cccc(F)c2N)c1. The number of hydrogen-bond donors (Lipinski definition) is 2. The zero-order valence-corrected chi connectivity index (χ0v) is 13.3. The summed E-state index contributed by atoms with van der Waals surface area (Å²) >= 11 is 3.24. The fourth-order valence-electron chi connectivity index (χ4n) is 1.70. The number of sulfonamides is 1. The van der Waals surface area contributed by atoms with Crippen LogP contribution in [-0.4, -0.2) is 15.5 Å². The number of nitrogens with two attached hydrogens (primary N) is 1. The second kappa shape index (κ2) is 5.90. The van der Waals surface area contributed by atoms with Crippen LogP contribution in [-0.2, 0) is 10.0 Å². The van der Waals surface area contributed by atoms with E-state index >= 15 is 0 Å². The molecule has 0 radical (unpaired) electrons. The molecule has 5 nitrogen and oxygen atoms in total. The molecule has 3 N–H and O–H groups in total. The zero-order chi connectivity index (χ0) is 15.6. The van der Waals surface area contributed by atoms with Gasteiger partial charge in [-0.25, -0.2) is 12.8 Å². The Hall–Kier alpha value is -1.80. The topological polar surface area (TPSA) is 81.4 Å². The van der Waals surface area contributed by atoms with Crippen molar-refractivity contribution in [1.82, 2.24) is 0 Å². The molecule has 0 heterocycles. The molecule has 0 unspecified atom stereocenters. The lowest BCUT2D eigenvalue weighted by Gasteiger charge is -2.12. The van der Waals surface area contributed by atoms with Crippen molar-refractivity contribution >= 4 is 37.3 Å². The maximum Gasteiger partial charge on any atom is 0.264 e. The second-order valence-electron chi connectivity index (χ2n) is 4.14. The second-order valence-corrected chi connectivity index (χ2v) is 6.70. The number of halogens is 2. The van der Waals surface area contributed by atoms with Gasteiger partial charge in [0.05, 0.1) is 18.5 Å². The molecule has 0 aliphatic rings. The van der Waals surface area contributed by atoms with Crippen molar-refractivity contribution in [1.29, 1.82) is 0 Å². The van der Waals surface area contributed by atoms with Crippen LogP contribution in [0.15, 0.2) is 45.8 Å². The number of ether oxygens (including phenoxy) is 1. The molecule has 2 aromatic carbocycles. The molecular weight excluding hydrogens is 363 g/mol. The highest BCUT2D eigenvalue weighted by Gasteiger charge is 2.20. The van der Waals surface area contributed by atoms with E-state index in [1.165, 1.54) is 25.3 Å². The van der Waals surface area contributed by atoms with E-state index in [0.717, 1.165) is 6.07 Å². The first-order chi connectivity index (χ1) is 9.83. The molecule has 112 valence electrons. The number of rotatable bonds is 4. The van der Waals surface area contributed by atoms with Gasteiger partial charge in [0.15, 0.2) is 0 Å². The molecule has 0 fully saturated rings. The molecule has 2 rings (SSSR count).